The van der Waals surface area contributed by atoms with Gasteiger partial charge in [0.15, 0.2) is 6.61 Å². The summed E-state index contributed by atoms with van der Waals surface area (Å²) in [6, 6.07) is 0. The Balaban J connectivity index is 1.76. The predicted molar refractivity (Wildman–Crippen MR) is 92.8 cm³/mol. The van der Waals surface area contributed by atoms with Crippen LogP contribution in [0.25, 0.3) is 0 Å². The number of hydrogen-bond acceptors (Lipinski definition) is 6. The summed E-state index contributed by atoms with van der Waals surface area (Å²) >= 11 is 0. The minimum Gasteiger partial charge on any atom is -0.459 e. The van der Waals surface area contributed by atoms with Gasteiger partial charge in [-0.1, -0.05) is 13.8 Å². The first-order valence-electron chi connectivity index (χ1n) is 9.56. The van der Waals surface area contributed by atoms with E-state index in [1.807, 2.05) is 6.92 Å². The maximum Gasteiger partial charge on any atom is 0.402 e. The van der Waals surface area contributed by atoms with Crippen LogP contribution in [0.5, 0.6) is 0 Å². The molecule has 0 aromatic heterocycles. The number of esters is 2. The first-order valence-corrected chi connectivity index (χ1v) is 11.0. The van der Waals surface area contributed by atoms with Gasteiger partial charge in [0.2, 0.25) is 0 Å². The van der Waals surface area contributed by atoms with Gasteiger partial charge in [-0.05, 0) is 50.4 Å². The Morgan fingerprint density at radius 1 is 1.21 bits per heavy atom. The molecular weight excluding hydrogens is 398 g/mol. The molecule has 4 bridgehead atoms. The van der Waals surface area contributed by atoms with Gasteiger partial charge in [-0.25, -0.2) is 0 Å². The second kappa shape index (κ2) is 6.90. The molecule has 4 saturated carbocycles. The predicted octanol–water partition coefficient (Wildman–Crippen LogP) is 2.94. The van der Waals surface area contributed by atoms with Crippen LogP contribution >= 0.6 is 0 Å². The lowest BCUT2D eigenvalue weighted by Crippen LogP contribution is -2.60. The van der Waals surface area contributed by atoms with Crippen molar-refractivity contribution >= 4 is 22.1 Å². The number of halogens is 2. The summed E-state index contributed by atoms with van der Waals surface area (Å²) in [5.74, 6) is -1.26. The van der Waals surface area contributed by atoms with Gasteiger partial charge in [0.25, 0.3) is 0 Å². The van der Waals surface area contributed by atoms with Crippen LogP contribution in [-0.4, -0.2) is 42.4 Å². The summed E-state index contributed by atoms with van der Waals surface area (Å²) < 4.78 is 67.5. The molecule has 4 aliphatic rings. The first-order chi connectivity index (χ1) is 12.8. The minimum absolute atomic E-state index is 0.126. The van der Waals surface area contributed by atoms with Gasteiger partial charge >= 0.3 is 27.3 Å². The summed E-state index contributed by atoms with van der Waals surface area (Å²) in [6.45, 7) is 1.91. The molecule has 4 rings (SSSR count). The van der Waals surface area contributed by atoms with Crippen LogP contribution in [-0.2, 0) is 29.2 Å². The highest BCUT2D eigenvalue weighted by Gasteiger charge is 2.63. The van der Waals surface area contributed by atoms with Crippen LogP contribution in [0.2, 0.25) is 0 Å². The van der Waals surface area contributed by atoms with Crippen molar-refractivity contribution < 1.29 is 40.8 Å². The van der Waals surface area contributed by atoms with Crippen LogP contribution in [0, 0.1) is 23.2 Å². The fourth-order valence-corrected chi connectivity index (χ4v) is 5.60. The van der Waals surface area contributed by atoms with E-state index in [0.717, 1.165) is 6.42 Å². The maximum absolute atomic E-state index is 13.5. The van der Waals surface area contributed by atoms with Crippen LogP contribution in [0.4, 0.5) is 8.78 Å². The van der Waals surface area contributed by atoms with Crippen molar-refractivity contribution in [1.29, 1.82) is 0 Å². The maximum atomic E-state index is 13.5. The van der Waals surface area contributed by atoms with Crippen molar-refractivity contribution in [3.8, 4) is 0 Å². The molecule has 0 heterocycles. The van der Waals surface area contributed by atoms with E-state index < -0.39 is 39.0 Å². The van der Waals surface area contributed by atoms with Crippen LogP contribution < -0.4 is 0 Å². The van der Waals surface area contributed by atoms with E-state index in [1.54, 1.807) is 6.92 Å². The molecule has 160 valence electrons. The van der Waals surface area contributed by atoms with Crippen molar-refractivity contribution in [3.05, 3.63) is 0 Å². The van der Waals surface area contributed by atoms with E-state index >= 15 is 0 Å². The van der Waals surface area contributed by atoms with Gasteiger partial charge in [0.1, 0.15) is 5.60 Å². The second-order valence-corrected chi connectivity index (χ2v) is 10.4. The van der Waals surface area contributed by atoms with E-state index in [9.17, 15) is 26.8 Å². The lowest BCUT2D eigenvalue weighted by Gasteiger charge is -2.59. The summed E-state index contributed by atoms with van der Waals surface area (Å²) in [4.78, 5) is 25.1. The Bertz CT molecular complexity index is 750. The molecule has 28 heavy (non-hydrogen) atoms. The average Bonchev–Trinajstić information content (AvgIpc) is 2.56. The zero-order valence-electron chi connectivity index (χ0n) is 15.9. The highest BCUT2D eigenvalue weighted by Crippen LogP contribution is 2.63. The smallest absolute Gasteiger partial charge is 0.402 e. The second-order valence-electron chi connectivity index (χ2n) is 8.84. The SMILES string of the molecule is CCC(C)C(=O)OC12CC3CC(C1)CC(C(=O)OCC(F)(F)S(=O)(=O)O)(C3)C2. The molecular formula is C18H26F2O7S. The Hall–Kier alpha value is -1.29. The van der Waals surface area contributed by atoms with Crippen LogP contribution in [0.15, 0.2) is 0 Å². The van der Waals surface area contributed by atoms with E-state index in [-0.39, 0.29) is 30.1 Å². The van der Waals surface area contributed by atoms with Gasteiger partial charge in [0.05, 0.1) is 11.3 Å². The standard InChI is InChI=1S/C18H26F2O7S/c1-3-11(2)14(21)27-17-7-12-4-13(8-17)6-16(5-12,9-17)15(22)26-10-18(19,20)28(23,24)25/h11-13H,3-10H2,1-2H3,(H,23,24,25). The van der Waals surface area contributed by atoms with Gasteiger partial charge in [-0.2, -0.15) is 17.2 Å². The molecule has 0 spiro atoms. The Morgan fingerprint density at radius 2 is 1.79 bits per heavy atom. The van der Waals surface area contributed by atoms with Crippen molar-refractivity contribution in [2.24, 2.45) is 23.2 Å². The third-order valence-electron chi connectivity index (χ3n) is 6.52. The van der Waals surface area contributed by atoms with E-state index in [0.29, 0.717) is 32.1 Å². The normalized spacial score (nSPS) is 35.5. The molecule has 7 nitrogen and oxygen atoms in total. The van der Waals surface area contributed by atoms with Gasteiger partial charge < -0.3 is 9.47 Å². The van der Waals surface area contributed by atoms with Crippen molar-refractivity contribution in [1.82, 2.24) is 0 Å². The third-order valence-corrected chi connectivity index (χ3v) is 7.39. The first kappa shape index (κ1) is 21.4. The summed E-state index contributed by atoms with van der Waals surface area (Å²) in [6.07, 6.45) is 3.89. The number of alkyl halides is 2. The van der Waals surface area contributed by atoms with Crippen molar-refractivity contribution in [2.75, 3.05) is 6.61 Å². The van der Waals surface area contributed by atoms with Crippen LogP contribution in [0.1, 0.15) is 58.8 Å². The molecule has 0 amide bonds. The molecule has 0 radical (unpaired) electrons. The number of carbonyl (C=O) groups is 2. The fourth-order valence-electron chi connectivity index (χ4n) is 5.39. The quantitative estimate of drug-likeness (QED) is 0.495. The molecule has 4 fully saturated rings. The topological polar surface area (TPSA) is 107 Å². The lowest BCUT2D eigenvalue weighted by atomic mass is 9.48. The summed E-state index contributed by atoms with van der Waals surface area (Å²) in [5.41, 5.74) is -1.86. The van der Waals surface area contributed by atoms with E-state index in [1.165, 1.54) is 0 Å². The van der Waals surface area contributed by atoms with Gasteiger partial charge in [0, 0.05) is 6.42 Å². The van der Waals surface area contributed by atoms with Gasteiger partial charge in [-0.15, -0.1) is 0 Å². The fraction of sp³-hybridized carbons (Fsp3) is 0.889. The molecule has 3 unspecified atom stereocenters. The number of rotatable bonds is 7. The molecule has 0 saturated heterocycles. The zero-order chi connectivity index (χ0) is 21.0. The minimum atomic E-state index is -5.67. The highest BCUT2D eigenvalue weighted by atomic mass is 32.2. The molecule has 0 aliphatic heterocycles. The van der Waals surface area contributed by atoms with Gasteiger partial charge in [-0.3, -0.25) is 14.1 Å². The molecule has 1 N–H and O–H groups in total. The third kappa shape index (κ3) is 3.77. The highest BCUT2D eigenvalue weighted by molar-refractivity contribution is 7.86. The molecule has 0 aromatic rings. The van der Waals surface area contributed by atoms with E-state index in [2.05, 4.69) is 4.74 Å². The summed E-state index contributed by atoms with van der Waals surface area (Å²) in [7, 11) is -5.67. The number of ether oxygens (including phenoxy) is 2. The average molecular weight is 424 g/mol. The zero-order valence-corrected chi connectivity index (χ0v) is 16.8. The molecule has 10 heteroatoms. The Kier molecular flexibility index (Phi) is 5.28. The van der Waals surface area contributed by atoms with Crippen molar-refractivity contribution in [3.63, 3.8) is 0 Å². The lowest BCUT2D eigenvalue weighted by molar-refractivity contribution is -0.216. The largest absolute Gasteiger partial charge is 0.459 e. The summed E-state index contributed by atoms with van der Waals surface area (Å²) in [5, 5.41) is -4.56. The molecule has 3 atom stereocenters. The van der Waals surface area contributed by atoms with E-state index in [4.69, 9.17) is 9.29 Å². The molecule has 4 aliphatic carbocycles. The monoisotopic (exact) mass is 424 g/mol. The number of hydrogen-bond donors (Lipinski definition) is 1. The Morgan fingerprint density at radius 3 is 2.29 bits per heavy atom. The molecule has 0 aromatic carbocycles. The van der Waals surface area contributed by atoms with Crippen molar-refractivity contribution in [2.45, 2.75) is 69.6 Å². The Labute approximate surface area is 162 Å². The van der Waals surface area contributed by atoms with Crippen LogP contribution in [0.3, 0.4) is 0 Å². The number of carbonyl (C=O) groups excluding carboxylic acids is 2.